The molecule has 1 aliphatic rings. The molecule has 19 heavy (non-hydrogen) atoms. The van der Waals surface area contributed by atoms with Crippen molar-refractivity contribution in [2.75, 3.05) is 18.2 Å². The number of anilines is 2. The largest absolute Gasteiger partial charge is 0.465 e. The second-order valence-corrected chi connectivity index (χ2v) is 5.46. The lowest BCUT2D eigenvalue weighted by atomic mass is 9.97. The molecule has 0 aliphatic heterocycles. The molecule has 0 bridgehead atoms. The number of benzene rings is 1. The van der Waals surface area contributed by atoms with E-state index in [0.29, 0.717) is 23.2 Å². The normalized spacial score (nSPS) is 26.2. The number of esters is 1. The quantitative estimate of drug-likeness (QED) is 0.649. The lowest BCUT2D eigenvalue weighted by Crippen LogP contribution is -2.24. The highest BCUT2D eigenvalue weighted by Gasteiger charge is 2.29. The van der Waals surface area contributed by atoms with Gasteiger partial charge in [0.05, 0.1) is 12.7 Å². The fourth-order valence-corrected chi connectivity index (χ4v) is 2.72. The van der Waals surface area contributed by atoms with E-state index in [1.54, 1.807) is 12.1 Å². The summed E-state index contributed by atoms with van der Waals surface area (Å²) in [5, 5.41) is 3.50. The molecule has 1 aromatic carbocycles. The zero-order valence-electron chi connectivity index (χ0n) is 11.8. The summed E-state index contributed by atoms with van der Waals surface area (Å²) in [6.45, 7) is 4.56. The van der Waals surface area contributed by atoms with Gasteiger partial charge in [0.1, 0.15) is 0 Å². The Bertz CT molecular complexity index is 473. The van der Waals surface area contributed by atoms with Crippen molar-refractivity contribution in [3.8, 4) is 0 Å². The van der Waals surface area contributed by atoms with Crippen molar-refractivity contribution in [2.45, 2.75) is 32.7 Å². The van der Waals surface area contributed by atoms with Gasteiger partial charge < -0.3 is 15.8 Å². The molecule has 1 saturated carbocycles. The molecule has 3 unspecified atom stereocenters. The van der Waals surface area contributed by atoms with E-state index < -0.39 is 5.97 Å². The molecule has 0 radical (unpaired) electrons. The van der Waals surface area contributed by atoms with Gasteiger partial charge >= 0.3 is 5.97 Å². The average molecular weight is 262 g/mol. The molecule has 2 rings (SSSR count). The van der Waals surface area contributed by atoms with E-state index in [-0.39, 0.29) is 0 Å². The second-order valence-electron chi connectivity index (χ2n) is 5.46. The number of nitrogens with one attached hydrogen (secondary N) is 1. The molecule has 0 aromatic heterocycles. The van der Waals surface area contributed by atoms with Crippen molar-refractivity contribution in [1.29, 1.82) is 0 Å². The van der Waals surface area contributed by atoms with Crippen molar-refractivity contribution in [3.63, 3.8) is 0 Å². The summed E-state index contributed by atoms with van der Waals surface area (Å²) in [5.74, 6) is 0.986. The zero-order valence-corrected chi connectivity index (χ0v) is 11.8. The van der Waals surface area contributed by atoms with Crippen LogP contribution in [0.2, 0.25) is 0 Å². The number of methoxy groups -OCH3 is 1. The minimum Gasteiger partial charge on any atom is -0.465 e. The number of nitrogens with two attached hydrogens (primary N) is 1. The Labute approximate surface area is 114 Å². The van der Waals surface area contributed by atoms with Crippen LogP contribution in [0, 0.1) is 11.8 Å². The van der Waals surface area contributed by atoms with Gasteiger partial charge in [-0.3, -0.25) is 0 Å². The molecule has 1 fully saturated rings. The van der Waals surface area contributed by atoms with Crippen molar-refractivity contribution in [3.05, 3.63) is 23.8 Å². The summed E-state index contributed by atoms with van der Waals surface area (Å²) in [6, 6.07) is 5.90. The summed E-state index contributed by atoms with van der Waals surface area (Å²) < 4.78 is 4.73. The lowest BCUT2D eigenvalue weighted by Gasteiger charge is -2.21. The topological polar surface area (TPSA) is 64.3 Å². The maximum atomic E-state index is 11.6. The van der Waals surface area contributed by atoms with Crippen molar-refractivity contribution in [2.24, 2.45) is 11.8 Å². The van der Waals surface area contributed by atoms with E-state index in [0.717, 1.165) is 11.6 Å². The SMILES string of the molecule is COC(=O)c1cc(NC2CCC(C)C2C)ccc1N. The number of hydrogen-bond acceptors (Lipinski definition) is 4. The molecule has 1 aliphatic carbocycles. The molecular formula is C15H22N2O2. The standard InChI is InChI=1S/C15H22N2O2/c1-9-4-7-14(10(9)2)17-11-5-6-13(16)12(8-11)15(18)19-3/h5-6,8-10,14,17H,4,7,16H2,1-3H3. The van der Waals surface area contributed by atoms with Gasteiger partial charge in [0.15, 0.2) is 0 Å². The van der Waals surface area contributed by atoms with Gasteiger partial charge in [-0.25, -0.2) is 4.79 Å². The van der Waals surface area contributed by atoms with Crippen LogP contribution in [0.15, 0.2) is 18.2 Å². The number of ether oxygens (including phenoxy) is 1. The predicted octanol–water partition coefficient (Wildman–Crippen LogP) is 2.90. The minimum atomic E-state index is -0.394. The van der Waals surface area contributed by atoms with Crippen LogP contribution in [0.1, 0.15) is 37.0 Å². The van der Waals surface area contributed by atoms with Gasteiger partial charge in [0, 0.05) is 17.4 Å². The third-order valence-corrected chi connectivity index (χ3v) is 4.28. The fraction of sp³-hybridized carbons (Fsp3) is 0.533. The fourth-order valence-electron chi connectivity index (χ4n) is 2.72. The number of carbonyl (C=O) groups excluding carboxylic acids is 1. The van der Waals surface area contributed by atoms with Crippen LogP contribution in [0.25, 0.3) is 0 Å². The smallest absolute Gasteiger partial charge is 0.340 e. The molecule has 0 amide bonds. The Morgan fingerprint density at radius 2 is 2.11 bits per heavy atom. The van der Waals surface area contributed by atoms with Crippen LogP contribution in [0.5, 0.6) is 0 Å². The molecule has 104 valence electrons. The summed E-state index contributed by atoms with van der Waals surface area (Å²) in [7, 11) is 1.36. The summed E-state index contributed by atoms with van der Waals surface area (Å²) >= 11 is 0. The molecule has 0 saturated heterocycles. The molecule has 1 aromatic rings. The highest BCUT2D eigenvalue weighted by Crippen LogP contribution is 2.33. The highest BCUT2D eigenvalue weighted by atomic mass is 16.5. The molecule has 3 atom stereocenters. The van der Waals surface area contributed by atoms with Gasteiger partial charge in [0.25, 0.3) is 0 Å². The van der Waals surface area contributed by atoms with E-state index in [1.165, 1.54) is 20.0 Å². The Kier molecular flexibility index (Phi) is 3.98. The van der Waals surface area contributed by atoms with Crippen LogP contribution in [0.3, 0.4) is 0 Å². The maximum absolute atomic E-state index is 11.6. The van der Waals surface area contributed by atoms with E-state index in [9.17, 15) is 4.79 Å². The van der Waals surface area contributed by atoms with Crippen LogP contribution < -0.4 is 11.1 Å². The van der Waals surface area contributed by atoms with Crippen LogP contribution in [-0.4, -0.2) is 19.1 Å². The molecule has 0 heterocycles. The predicted molar refractivity (Wildman–Crippen MR) is 77.2 cm³/mol. The summed E-state index contributed by atoms with van der Waals surface area (Å²) in [6.07, 6.45) is 2.41. The molecule has 4 heteroatoms. The van der Waals surface area contributed by atoms with Gasteiger partial charge in [-0.2, -0.15) is 0 Å². The molecule has 4 nitrogen and oxygen atoms in total. The highest BCUT2D eigenvalue weighted by molar-refractivity contribution is 5.96. The Hall–Kier alpha value is -1.71. The van der Waals surface area contributed by atoms with E-state index >= 15 is 0 Å². The number of hydrogen-bond donors (Lipinski definition) is 2. The first kappa shape index (κ1) is 13.7. The van der Waals surface area contributed by atoms with Crippen molar-refractivity contribution < 1.29 is 9.53 Å². The Morgan fingerprint density at radius 3 is 2.68 bits per heavy atom. The van der Waals surface area contributed by atoms with Gasteiger partial charge in [0.2, 0.25) is 0 Å². The third kappa shape index (κ3) is 2.83. The Balaban J connectivity index is 2.15. The van der Waals surface area contributed by atoms with Gasteiger partial charge in [-0.1, -0.05) is 13.8 Å². The van der Waals surface area contributed by atoms with Crippen LogP contribution >= 0.6 is 0 Å². The zero-order chi connectivity index (χ0) is 14.0. The summed E-state index contributed by atoms with van der Waals surface area (Å²) in [5.41, 5.74) is 7.60. The Morgan fingerprint density at radius 1 is 1.37 bits per heavy atom. The third-order valence-electron chi connectivity index (χ3n) is 4.28. The van der Waals surface area contributed by atoms with Crippen LogP contribution in [-0.2, 0) is 4.74 Å². The second kappa shape index (κ2) is 5.51. The number of rotatable bonds is 3. The maximum Gasteiger partial charge on any atom is 0.340 e. The molecule has 3 N–H and O–H groups in total. The van der Waals surface area contributed by atoms with Gasteiger partial charge in [-0.15, -0.1) is 0 Å². The van der Waals surface area contributed by atoms with Gasteiger partial charge in [-0.05, 0) is 42.9 Å². The van der Waals surface area contributed by atoms with Crippen molar-refractivity contribution in [1.82, 2.24) is 0 Å². The van der Waals surface area contributed by atoms with E-state index in [2.05, 4.69) is 19.2 Å². The monoisotopic (exact) mass is 262 g/mol. The molecule has 0 spiro atoms. The number of carbonyl (C=O) groups is 1. The lowest BCUT2D eigenvalue weighted by molar-refractivity contribution is 0.0602. The van der Waals surface area contributed by atoms with Crippen LogP contribution in [0.4, 0.5) is 11.4 Å². The minimum absolute atomic E-state index is 0.394. The number of nitrogen functional groups attached to an aromatic ring is 1. The first-order valence-corrected chi connectivity index (χ1v) is 6.77. The first-order valence-electron chi connectivity index (χ1n) is 6.77. The first-order chi connectivity index (χ1) is 9.02. The van der Waals surface area contributed by atoms with E-state index in [1.807, 2.05) is 6.07 Å². The van der Waals surface area contributed by atoms with E-state index in [4.69, 9.17) is 10.5 Å². The molecular weight excluding hydrogens is 240 g/mol. The summed E-state index contributed by atoms with van der Waals surface area (Å²) in [4.78, 5) is 11.6. The van der Waals surface area contributed by atoms with Crippen molar-refractivity contribution >= 4 is 17.3 Å². The average Bonchev–Trinajstić information content (AvgIpc) is 2.72.